The highest BCUT2D eigenvalue weighted by molar-refractivity contribution is 8.00. The maximum Gasteiger partial charge on any atom is 0.244 e. The molecule has 2 heterocycles. The number of aryl methyl sites for hydroxylation is 1. The van der Waals surface area contributed by atoms with E-state index in [1.54, 1.807) is 0 Å². The van der Waals surface area contributed by atoms with Gasteiger partial charge in [0.15, 0.2) is 0 Å². The van der Waals surface area contributed by atoms with E-state index < -0.39 is 27.8 Å². The number of benzene rings is 1. The van der Waals surface area contributed by atoms with Gasteiger partial charge in [0.1, 0.15) is 11.9 Å². The standard InChI is InChI=1S/C15H15ClFN3O3S3/c1-9-19-10(6-25-9)5-18-15(21)14-7-24-8-20(14)26(22,23)11-2-3-13(17)12(16)4-11/h2-4,6,14H,5,7-8H2,1H3,(H,18,21)/t14-/m1/s1. The minimum Gasteiger partial charge on any atom is -0.349 e. The average molecular weight is 436 g/mol. The molecule has 26 heavy (non-hydrogen) atoms. The van der Waals surface area contributed by atoms with Gasteiger partial charge in [0, 0.05) is 11.1 Å². The van der Waals surface area contributed by atoms with E-state index in [1.807, 2.05) is 12.3 Å². The molecule has 1 N–H and O–H groups in total. The molecule has 1 saturated heterocycles. The second kappa shape index (κ2) is 7.81. The zero-order chi connectivity index (χ0) is 18.9. The van der Waals surface area contributed by atoms with Crippen LogP contribution in [0, 0.1) is 12.7 Å². The second-order valence-corrected chi connectivity index (χ2v) is 9.92. The fraction of sp³-hybridized carbons (Fsp3) is 0.333. The van der Waals surface area contributed by atoms with Gasteiger partial charge in [-0.2, -0.15) is 4.31 Å². The van der Waals surface area contributed by atoms with E-state index in [-0.39, 0.29) is 22.3 Å². The van der Waals surface area contributed by atoms with Gasteiger partial charge in [-0.3, -0.25) is 4.79 Å². The zero-order valence-electron chi connectivity index (χ0n) is 13.6. The normalized spacial score (nSPS) is 18.2. The molecule has 0 aliphatic carbocycles. The first-order valence-electron chi connectivity index (χ1n) is 7.52. The van der Waals surface area contributed by atoms with Crippen LogP contribution in [0.15, 0.2) is 28.5 Å². The van der Waals surface area contributed by atoms with Crippen molar-refractivity contribution in [3.8, 4) is 0 Å². The van der Waals surface area contributed by atoms with Crippen molar-refractivity contribution in [3.63, 3.8) is 0 Å². The lowest BCUT2D eigenvalue weighted by atomic mass is 10.3. The SMILES string of the molecule is Cc1nc(CNC(=O)[C@H]2CSCN2S(=O)(=O)c2ccc(F)c(Cl)c2)cs1. The van der Waals surface area contributed by atoms with Crippen molar-refractivity contribution in [2.45, 2.75) is 24.4 Å². The third-order valence-corrected chi connectivity index (χ3v) is 7.89. The van der Waals surface area contributed by atoms with Gasteiger partial charge in [-0.15, -0.1) is 23.1 Å². The second-order valence-electron chi connectivity index (χ2n) is 5.56. The molecule has 140 valence electrons. The molecular formula is C15H15ClFN3O3S3. The van der Waals surface area contributed by atoms with Crippen LogP contribution in [0.5, 0.6) is 0 Å². The van der Waals surface area contributed by atoms with Crippen molar-refractivity contribution in [3.05, 3.63) is 45.1 Å². The highest BCUT2D eigenvalue weighted by Gasteiger charge is 2.40. The highest BCUT2D eigenvalue weighted by atomic mass is 35.5. The molecule has 11 heteroatoms. The summed E-state index contributed by atoms with van der Waals surface area (Å²) in [5, 5.41) is 5.18. The summed E-state index contributed by atoms with van der Waals surface area (Å²) < 4.78 is 40.1. The lowest BCUT2D eigenvalue weighted by Crippen LogP contribution is -2.47. The molecule has 0 spiro atoms. The molecule has 0 saturated carbocycles. The molecule has 1 amide bonds. The van der Waals surface area contributed by atoms with Gasteiger partial charge in [0.2, 0.25) is 15.9 Å². The molecule has 3 rings (SSSR count). The molecular weight excluding hydrogens is 421 g/mol. The number of nitrogens with zero attached hydrogens (tertiary/aromatic N) is 2. The van der Waals surface area contributed by atoms with Crippen LogP contribution >= 0.6 is 34.7 Å². The fourth-order valence-electron chi connectivity index (χ4n) is 2.43. The average Bonchev–Trinajstić information content (AvgIpc) is 3.24. The Kier molecular flexibility index (Phi) is 5.88. The Hall–Kier alpha value is -1.20. The Balaban J connectivity index is 1.75. The summed E-state index contributed by atoms with van der Waals surface area (Å²) in [6, 6.07) is 2.36. The van der Waals surface area contributed by atoms with Gasteiger partial charge >= 0.3 is 0 Å². The maximum atomic E-state index is 13.3. The number of amides is 1. The van der Waals surface area contributed by atoms with Gasteiger partial charge in [0.25, 0.3) is 0 Å². The molecule has 1 aliphatic rings. The van der Waals surface area contributed by atoms with Crippen LogP contribution in [0.3, 0.4) is 0 Å². The number of sulfonamides is 1. The summed E-state index contributed by atoms with van der Waals surface area (Å²) in [5.74, 6) is -0.604. The number of thiazole rings is 1. The first-order valence-corrected chi connectivity index (χ1v) is 11.4. The predicted molar refractivity (Wildman–Crippen MR) is 100 cm³/mol. The molecule has 2 aromatic rings. The minimum atomic E-state index is -3.96. The summed E-state index contributed by atoms with van der Waals surface area (Å²) >= 11 is 8.51. The van der Waals surface area contributed by atoms with Crippen LogP contribution in [0.25, 0.3) is 0 Å². The molecule has 1 aromatic heterocycles. The maximum absolute atomic E-state index is 13.3. The van der Waals surface area contributed by atoms with Crippen LogP contribution in [0.1, 0.15) is 10.7 Å². The van der Waals surface area contributed by atoms with E-state index in [1.165, 1.54) is 23.1 Å². The smallest absolute Gasteiger partial charge is 0.244 e. The quantitative estimate of drug-likeness (QED) is 0.780. The number of carbonyl (C=O) groups is 1. The van der Waals surface area contributed by atoms with Gasteiger partial charge in [0.05, 0.1) is 33.0 Å². The third kappa shape index (κ3) is 4.04. The van der Waals surface area contributed by atoms with E-state index in [9.17, 15) is 17.6 Å². The molecule has 1 atom stereocenters. The summed E-state index contributed by atoms with van der Waals surface area (Å²) in [6.07, 6.45) is 0. The Bertz CT molecular complexity index is 935. The minimum absolute atomic E-state index is 0.140. The van der Waals surface area contributed by atoms with Gasteiger partial charge in [-0.05, 0) is 25.1 Å². The van der Waals surface area contributed by atoms with Gasteiger partial charge < -0.3 is 5.32 Å². The van der Waals surface area contributed by atoms with Crippen LogP contribution in [0.2, 0.25) is 5.02 Å². The Morgan fingerprint density at radius 3 is 2.92 bits per heavy atom. The molecule has 1 fully saturated rings. The molecule has 1 aromatic carbocycles. The summed E-state index contributed by atoms with van der Waals surface area (Å²) in [6.45, 7) is 2.10. The van der Waals surface area contributed by atoms with Crippen LogP contribution in [0.4, 0.5) is 4.39 Å². The monoisotopic (exact) mass is 435 g/mol. The summed E-state index contributed by atoms with van der Waals surface area (Å²) in [5.41, 5.74) is 0.728. The Morgan fingerprint density at radius 2 is 2.27 bits per heavy atom. The number of rotatable bonds is 5. The van der Waals surface area contributed by atoms with E-state index >= 15 is 0 Å². The summed E-state index contributed by atoms with van der Waals surface area (Å²) in [4.78, 5) is 16.6. The van der Waals surface area contributed by atoms with Crippen molar-refractivity contribution in [1.29, 1.82) is 0 Å². The van der Waals surface area contributed by atoms with Gasteiger partial charge in [-0.25, -0.2) is 17.8 Å². The Labute approximate surface area is 163 Å². The number of hydrogen-bond donors (Lipinski definition) is 1. The van der Waals surface area contributed by atoms with E-state index in [0.29, 0.717) is 5.75 Å². The number of thioether (sulfide) groups is 1. The zero-order valence-corrected chi connectivity index (χ0v) is 16.8. The number of hydrogen-bond acceptors (Lipinski definition) is 6. The van der Waals surface area contributed by atoms with Crippen LogP contribution in [-0.2, 0) is 21.4 Å². The first kappa shape index (κ1) is 19.6. The highest BCUT2D eigenvalue weighted by Crippen LogP contribution is 2.30. The molecule has 0 radical (unpaired) electrons. The number of halogens is 2. The van der Waals surface area contributed by atoms with Crippen molar-refractivity contribution in [1.82, 2.24) is 14.6 Å². The number of nitrogens with one attached hydrogen (secondary N) is 1. The topological polar surface area (TPSA) is 79.4 Å². The third-order valence-electron chi connectivity index (χ3n) is 3.75. The van der Waals surface area contributed by atoms with E-state index in [4.69, 9.17) is 11.6 Å². The van der Waals surface area contributed by atoms with Crippen LogP contribution in [-0.4, -0.2) is 41.3 Å². The number of aromatic nitrogens is 1. The van der Waals surface area contributed by atoms with Crippen LogP contribution < -0.4 is 5.32 Å². The van der Waals surface area contributed by atoms with Crippen molar-refractivity contribution < 1.29 is 17.6 Å². The fourth-order valence-corrected chi connectivity index (χ4v) is 6.46. The molecule has 0 bridgehead atoms. The predicted octanol–water partition coefficient (Wildman–Crippen LogP) is 2.62. The van der Waals surface area contributed by atoms with Crippen molar-refractivity contribution in [2.24, 2.45) is 0 Å². The lowest BCUT2D eigenvalue weighted by molar-refractivity contribution is -0.124. The Morgan fingerprint density at radius 1 is 1.50 bits per heavy atom. The van der Waals surface area contributed by atoms with Crippen molar-refractivity contribution >= 4 is 50.6 Å². The van der Waals surface area contributed by atoms with E-state index in [0.717, 1.165) is 33.2 Å². The molecule has 0 unspecified atom stereocenters. The molecule has 1 aliphatic heterocycles. The first-order chi connectivity index (χ1) is 12.3. The van der Waals surface area contributed by atoms with E-state index in [2.05, 4.69) is 10.3 Å². The van der Waals surface area contributed by atoms with Gasteiger partial charge in [-0.1, -0.05) is 11.6 Å². The lowest BCUT2D eigenvalue weighted by Gasteiger charge is -2.22. The van der Waals surface area contributed by atoms with Crippen molar-refractivity contribution in [2.75, 3.05) is 11.6 Å². The number of carbonyl (C=O) groups excluding carboxylic acids is 1. The summed E-state index contributed by atoms with van der Waals surface area (Å²) in [7, 11) is -3.96. The largest absolute Gasteiger partial charge is 0.349 e. The molecule has 6 nitrogen and oxygen atoms in total.